The van der Waals surface area contributed by atoms with E-state index in [0.29, 0.717) is 6.42 Å². The quantitative estimate of drug-likeness (QED) is 0.869. The van der Waals surface area contributed by atoms with E-state index in [-0.39, 0.29) is 5.91 Å². The average Bonchev–Trinajstić information content (AvgIpc) is 2.46. The normalized spacial score (nSPS) is 10.2. The topological polar surface area (TPSA) is 29.1 Å². The third-order valence-electron chi connectivity index (χ3n) is 3.03. The molecule has 0 heterocycles. The summed E-state index contributed by atoms with van der Waals surface area (Å²) >= 11 is 0. The Morgan fingerprint density at radius 2 is 1.68 bits per heavy atom. The highest BCUT2D eigenvalue weighted by atomic mass is 16.1. The molecule has 1 N–H and O–H groups in total. The minimum atomic E-state index is 0.0882. The summed E-state index contributed by atoms with van der Waals surface area (Å²) in [4.78, 5) is 11.8. The molecule has 0 spiro atoms. The van der Waals surface area contributed by atoms with E-state index in [2.05, 4.69) is 30.4 Å². The third kappa shape index (κ3) is 3.68. The van der Waals surface area contributed by atoms with Crippen LogP contribution in [-0.4, -0.2) is 12.5 Å². The first-order valence-corrected chi connectivity index (χ1v) is 6.71. The molecule has 0 atom stereocenters. The van der Waals surface area contributed by atoms with Gasteiger partial charge in [0.25, 0.3) is 0 Å². The molecule has 2 nitrogen and oxygen atoms in total. The van der Waals surface area contributed by atoms with Crippen LogP contribution in [0.4, 0.5) is 0 Å². The van der Waals surface area contributed by atoms with Crippen molar-refractivity contribution in [3.63, 3.8) is 0 Å². The molecule has 98 valence electrons. The lowest BCUT2D eigenvalue weighted by Gasteiger charge is -2.10. The molecule has 2 aromatic carbocycles. The molecular weight excluding hydrogens is 234 g/mol. The number of carbonyl (C=O) groups excluding carboxylic acids is 1. The van der Waals surface area contributed by atoms with Gasteiger partial charge in [0.1, 0.15) is 0 Å². The van der Waals surface area contributed by atoms with E-state index in [1.165, 1.54) is 0 Å². The molecule has 0 aliphatic heterocycles. The average molecular weight is 253 g/mol. The SMILES string of the molecule is CCCNC(=O)Cc1ccccc1-c1ccccc1. The van der Waals surface area contributed by atoms with Crippen molar-refractivity contribution < 1.29 is 4.79 Å². The predicted octanol–water partition coefficient (Wildman–Crippen LogP) is 3.42. The maximum atomic E-state index is 11.8. The van der Waals surface area contributed by atoms with Crippen LogP contribution in [0.5, 0.6) is 0 Å². The van der Waals surface area contributed by atoms with Crippen molar-refractivity contribution in [1.29, 1.82) is 0 Å². The first kappa shape index (κ1) is 13.3. The summed E-state index contributed by atoms with van der Waals surface area (Å²) < 4.78 is 0. The number of hydrogen-bond donors (Lipinski definition) is 1. The molecule has 0 aliphatic carbocycles. The first-order chi connectivity index (χ1) is 9.31. The monoisotopic (exact) mass is 253 g/mol. The number of carbonyl (C=O) groups is 1. The molecule has 0 bridgehead atoms. The van der Waals surface area contributed by atoms with E-state index in [9.17, 15) is 4.79 Å². The van der Waals surface area contributed by atoms with Gasteiger partial charge in [-0.2, -0.15) is 0 Å². The van der Waals surface area contributed by atoms with Gasteiger partial charge in [-0.15, -0.1) is 0 Å². The van der Waals surface area contributed by atoms with Gasteiger partial charge in [-0.25, -0.2) is 0 Å². The largest absolute Gasteiger partial charge is 0.356 e. The van der Waals surface area contributed by atoms with Crippen molar-refractivity contribution in [3.05, 3.63) is 60.2 Å². The van der Waals surface area contributed by atoms with E-state index in [1.54, 1.807) is 0 Å². The Bertz CT molecular complexity index is 534. The van der Waals surface area contributed by atoms with Crippen LogP contribution >= 0.6 is 0 Å². The zero-order valence-corrected chi connectivity index (χ0v) is 11.2. The lowest BCUT2D eigenvalue weighted by atomic mass is 9.97. The lowest BCUT2D eigenvalue weighted by molar-refractivity contribution is -0.120. The van der Waals surface area contributed by atoms with Crippen molar-refractivity contribution in [2.75, 3.05) is 6.54 Å². The second kappa shape index (κ2) is 6.74. The second-order valence-electron chi connectivity index (χ2n) is 4.55. The van der Waals surface area contributed by atoms with E-state index >= 15 is 0 Å². The molecule has 0 fully saturated rings. The fourth-order valence-electron chi connectivity index (χ4n) is 2.07. The Morgan fingerprint density at radius 1 is 1.00 bits per heavy atom. The first-order valence-electron chi connectivity index (χ1n) is 6.71. The van der Waals surface area contributed by atoms with Gasteiger partial charge >= 0.3 is 0 Å². The summed E-state index contributed by atoms with van der Waals surface area (Å²) in [6.07, 6.45) is 1.40. The fourth-order valence-corrected chi connectivity index (χ4v) is 2.07. The molecule has 0 aliphatic rings. The van der Waals surface area contributed by atoms with E-state index in [1.807, 2.05) is 36.4 Å². The minimum Gasteiger partial charge on any atom is -0.356 e. The van der Waals surface area contributed by atoms with Gasteiger partial charge in [0.05, 0.1) is 6.42 Å². The number of rotatable bonds is 5. The zero-order valence-electron chi connectivity index (χ0n) is 11.2. The maximum absolute atomic E-state index is 11.8. The summed E-state index contributed by atoms with van der Waals surface area (Å²) in [7, 11) is 0. The number of benzene rings is 2. The van der Waals surface area contributed by atoms with Crippen molar-refractivity contribution in [2.45, 2.75) is 19.8 Å². The Kier molecular flexibility index (Phi) is 4.73. The molecule has 0 saturated heterocycles. The Balaban J connectivity index is 2.20. The van der Waals surface area contributed by atoms with Gasteiger partial charge in [-0.05, 0) is 23.1 Å². The summed E-state index contributed by atoms with van der Waals surface area (Å²) in [6, 6.07) is 18.3. The van der Waals surface area contributed by atoms with Gasteiger partial charge in [0.15, 0.2) is 0 Å². The van der Waals surface area contributed by atoms with Gasteiger partial charge in [-0.1, -0.05) is 61.5 Å². The molecule has 0 aromatic heterocycles. The van der Waals surface area contributed by atoms with E-state index < -0.39 is 0 Å². The van der Waals surface area contributed by atoms with Crippen LogP contribution in [0.15, 0.2) is 54.6 Å². The van der Waals surface area contributed by atoms with Crippen molar-refractivity contribution in [3.8, 4) is 11.1 Å². The van der Waals surface area contributed by atoms with E-state index in [4.69, 9.17) is 0 Å². The van der Waals surface area contributed by atoms with Gasteiger partial charge in [-0.3, -0.25) is 4.79 Å². The molecule has 0 radical (unpaired) electrons. The zero-order chi connectivity index (χ0) is 13.5. The standard InChI is InChI=1S/C17H19NO/c1-2-12-18-17(19)13-15-10-6-7-11-16(15)14-8-4-3-5-9-14/h3-11H,2,12-13H2,1H3,(H,18,19). The Hall–Kier alpha value is -2.09. The molecule has 0 unspecified atom stereocenters. The van der Waals surface area contributed by atoms with Crippen LogP contribution in [0.3, 0.4) is 0 Å². The van der Waals surface area contributed by atoms with Crippen molar-refractivity contribution >= 4 is 5.91 Å². The van der Waals surface area contributed by atoms with Gasteiger partial charge < -0.3 is 5.32 Å². The molecule has 19 heavy (non-hydrogen) atoms. The van der Waals surface area contributed by atoms with Crippen LogP contribution in [0, 0.1) is 0 Å². The smallest absolute Gasteiger partial charge is 0.224 e. The number of amides is 1. The summed E-state index contributed by atoms with van der Waals surface area (Å²) in [5, 5.41) is 2.92. The third-order valence-corrected chi connectivity index (χ3v) is 3.03. The van der Waals surface area contributed by atoms with Crippen molar-refractivity contribution in [1.82, 2.24) is 5.32 Å². The molecule has 2 rings (SSSR count). The van der Waals surface area contributed by atoms with Crippen LogP contribution in [0.1, 0.15) is 18.9 Å². The van der Waals surface area contributed by atoms with E-state index in [0.717, 1.165) is 29.7 Å². The molecule has 2 aromatic rings. The minimum absolute atomic E-state index is 0.0882. The van der Waals surface area contributed by atoms with Gasteiger partial charge in [0, 0.05) is 6.54 Å². The highest BCUT2D eigenvalue weighted by Gasteiger charge is 2.08. The predicted molar refractivity (Wildman–Crippen MR) is 78.9 cm³/mol. The summed E-state index contributed by atoms with van der Waals surface area (Å²) in [5.41, 5.74) is 3.36. The molecule has 1 amide bonds. The van der Waals surface area contributed by atoms with Crippen LogP contribution in [0.2, 0.25) is 0 Å². The summed E-state index contributed by atoms with van der Waals surface area (Å²) in [6.45, 7) is 2.80. The van der Waals surface area contributed by atoms with Gasteiger partial charge in [0.2, 0.25) is 5.91 Å². The Labute approximate surface area is 114 Å². The second-order valence-corrected chi connectivity index (χ2v) is 4.55. The molecular formula is C17H19NO. The highest BCUT2D eigenvalue weighted by Crippen LogP contribution is 2.23. The Morgan fingerprint density at radius 3 is 2.42 bits per heavy atom. The maximum Gasteiger partial charge on any atom is 0.224 e. The molecule has 2 heteroatoms. The van der Waals surface area contributed by atoms with Crippen LogP contribution in [-0.2, 0) is 11.2 Å². The number of nitrogens with one attached hydrogen (secondary N) is 1. The lowest BCUT2D eigenvalue weighted by Crippen LogP contribution is -2.25. The fraction of sp³-hybridized carbons (Fsp3) is 0.235. The molecule has 0 saturated carbocycles. The highest BCUT2D eigenvalue weighted by molar-refractivity contribution is 5.81. The van der Waals surface area contributed by atoms with Crippen LogP contribution < -0.4 is 5.32 Å². The van der Waals surface area contributed by atoms with Crippen molar-refractivity contribution in [2.24, 2.45) is 0 Å². The number of hydrogen-bond acceptors (Lipinski definition) is 1. The van der Waals surface area contributed by atoms with Crippen LogP contribution in [0.25, 0.3) is 11.1 Å². The summed E-state index contributed by atoms with van der Waals surface area (Å²) in [5.74, 6) is 0.0882.